The van der Waals surface area contributed by atoms with E-state index in [0.717, 1.165) is 11.8 Å². The van der Waals surface area contributed by atoms with Gasteiger partial charge in [-0.15, -0.1) is 10.2 Å². The zero-order valence-electron chi connectivity index (χ0n) is 15.6. The number of benzene rings is 2. The van der Waals surface area contributed by atoms with E-state index in [1.807, 2.05) is 30.3 Å². The second-order valence-corrected chi connectivity index (χ2v) is 6.72. The number of esters is 1. The molecule has 0 aliphatic heterocycles. The lowest BCUT2D eigenvalue weighted by Gasteiger charge is -2.07. The Morgan fingerprint density at radius 1 is 1.10 bits per heavy atom. The number of carbonyl (C=O) groups excluding carboxylic acids is 2. The summed E-state index contributed by atoms with van der Waals surface area (Å²) in [6.45, 7) is 0.160. The first kappa shape index (κ1) is 20.2. The first-order valence-corrected chi connectivity index (χ1v) is 9.53. The van der Waals surface area contributed by atoms with Gasteiger partial charge in [0.25, 0.3) is 0 Å². The highest BCUT2D eigenvalue weighted by Crippen LogP contribution is 2.17. The summed E-state index contributed by atoms with van der Waals surface area (Å²) in [5.74, 6) is 6.53. The van der Waals surface area contributed by atoms with Crippen LogP contribution in [0.5, 0.6) is 5.75 Å². The average Bonchev–Trinajstić information content (AvgIpc) is 3.11. The molecule has 1 amide bonds. The number of hydrogen-bond acceptors (Lipinski definition) is 8. The zero-order valence-corrected chi connectivity index (χ0v) is 16.4. The average molecular weight is 413 g/mol. The van der Waals surface area contributed by atoms with Gasteiger partial charge in [0.15, 0.2) is 5.82 Å². The normalized spacial score (nSPS) is 10.4. The van der Waals surface area contributed by atoms with E-state index in [-0.39, 0.29) is 18.3 Å². The number of thioether (sulfide) groups is 1. The molecule has 1 aromatic heterocycles. The summed E-state index contributed by atoms with van der Waals surface area (Å²) in [4.78, 5) is 23.6. The Labute approximate surface area is 171 Å². The SMILES string of the molecule is COC(=O)c1ccc(NC(=O)CSc2nnc(COc3ccccc3)n2N)cc1. The number of para-hydroxylation sites is 1. The number of aromatic nitrogens is 3. The molecule has 9 nitrogen and oxygen atoms in total. The molecule has 0 aliphatic rings. The van der Waals surface area contributed by atoms with E-state index in [1.54, 1.807) is 24.3 Å². The van der Waals surface area contributed by atoms with E-state index in [4.69, 9.17) is 10.6 Å². The number of hydrogen-bond donors (Lipinski definition) is 2. The van der Waals surface area contributed by atoms with Gasteiger partial charge in [-0.2, -0.15) is 0 Å². The van der Waals surface area contributed by atoms with Gasteiger partial charge >= 0.3 is 5.97 Å². The lowest BCUT2D eigenvalue weighted by molar-refractivity contribution is -0.113. The minimum atomic E-state index is -0.437. The third kappa shape index (κ3) is 5.48. The van der Waals surface area contributed by atoms with Gasteiger partial charge in [-0.1, -0.05) is 30.0 Å². The Balaban J connectivity index is 1.50. The van der Waals surface area contributed by atoms with E-state index < -0.39 is 5.97 Å². The minimum absolute atomic E-state index is 0.0909. The first-order chi connectivity index (χ1) is 14.1. The molecule has 150 valence electrons. The lowest BCUT2D eigenvalue weighted by atomic mass is 10.2. The fourth-order valence-electron chi connectivity index (χ4n) is 2.30. The fraction of sp³-hybridized carbons (Fsp3) is 0.158. The number of anilines is 1. The molecule has 0 atom stereocenters. The number of methoxy groups -OCH3 is 1. The second-order valence-electron chi connectivity index (χ2n) is 5.78. The maximum Gasteiger partial charge on any atom is 0.337 e. The third-order valence-electron chi connectivity index (χ3n) is 3.77. The van der Waals surface area contributed by atoms with Crippen molar-refractivity contribution in [3.63, 3.8) is 0 Å². The van der Waals surface area contributed by atoms with Crippen molar-refractivity contribution in [2.45, 2.75) is 11.8 Å². The summed E-state index contributed by atoms with van der Waals surface area (Å²) in [7, 11) is 1.31. The van der Waals surface area contributed by atoms with Gasteiger partial charge in [-0.25, -0.2) is 9.47 Å². The number of nitrogens with two attached hydrogens (primary N) is 1. The summed E-state index contributed by atoms with van der Waals surface area (Å²) >= 11 is 1.15. The van der Waals surface area contributed by atoms with Crippen LogP contribution in [0.1, 0.15) is 16.2 Å². The molecule has 3 rings (SSSR count). The molecule has 0 saturated carbocycles. The highest BCUT2D eigenvalue weighted by molar-refractivity contribution is 7.99. The molecule has 0 spiro atoms. The molecule has 1 heterocycles. The monoisotopic (exact) mass is 413 g/mol. The molecule has 0 radical (unpaired) electrons. The van der Waals surface area contributed by atoms with Crippen LogP contribution in [-0.4, -0.2) is 39.6 Å². The summed E-state index contributed by atoms with van der Waals surface area (Å²) in [6.07, 6.45) is 0. The standard InChI is InChI=1S/C19H19N5O4S/c1-27-18(26)13-7-9-14(10-8-13)21-17(25)12-29-19-23-22-16(24(19)20)11-28-15-5-3-2-4-6-15/h2-10H,11-12,20H2,1H3,(H,21,25). The molecule has 0 saturated heterocycles. The second kappa shape index (κ2) is 9.60. The van der Waals surface area contributed by atoms with Crippen LogP contribution in [0.3, 0.4) is 0 Å². The smallest absolute Gasteiger partial charge is 0.337 e. The molecular formula is C19H19N5O4S. The van der Waals surface area contributed by atoms with Gasteiger partial charge in [0.2, 0.25) is 11.1 Å². The highest BCUT2D eigenvalue weighted by Gasteiger charge is 2.13. The van der Waals surface area contributed by atoms with E-state index in [0.29, 0.717) is 28.0 Å². The van der Waals surface area contributed by atoms with Gasteiger partial charge in [0, 0.05) is 5.69 Å². The third-order valence-corrected chi connectivity index (χ3v) is 4.71. The number of carbonyl (C=O) groups is 2. The van der Waals surface area contributed by atoms with Crippen molar-refractivity contribution < 1.29 is 19.1 Å². The molecule has 2 aromatic carbocycles. The van der Waals surface area contributed by atoms with Crippen molar-refractivity contribution >= 4 is 29.3 Å². The Morgan fingerprint density at radius 2 is 1.83 bits per heavy atom. The summed E-state index contributed by atoms with van der Waals surface area (Å²) in [6, 6.07) is 15.7. The number of rotatable bonds is 8. The maximum absolute atomic E-state index is 12.1. The van der Waals surface area contributed by atoms with Crippen LogP contribution in [0, 0.1) is 0 Å². The quantitative estimate of drug-likeness (QED) is 0.327. The Bertz CT molecular complexity index is 976. The van der Waals surface area contributed by atoms with Crippen molar-refractivity contribution in [2.24, 2.45) is 0 Å². The molecule has 0 unspecified atom stereocenters. The van der Waals surface area contributed by atoms with Crippen LogP contribution >= 0.6 is 11.8 Å². The van der Waals surface area contributed by atoms with Crippen LogP contribution in [0.2, 0.25) is 0 Å². The van der Waals surface area contributed by atoms with Gasteiger partial charge in [-0.3, -0.25) is 4.79 Å². The van der Waals surface area contributed by atoms with Crippen molar-refractivity contribution in [1.29, 1.82) is 0 Å². The molecule has 3 aromatic rings. The molecule has 3 N–H and O–H groups in total. The largest absolute Gasteiger partial charge is 0.486 e. The van der Waals surface area contributed by atoms with Crippen molar-refractivity contribution in [1.82, 2.24) is 14.9 Å². The predicted octanol–water partition coefficient (Wildman–Crippen LogP) is 2.09. The van der Waals surface area contributed by atoms with Crippen molar-refractivity contribution in [3.05, 3.63) is 66.0 Å². The highest BCUT2D eigenvalue weighted by atomic mass is 32.2. The molecular weight excluding hydrogens is 394 g/mol. The van der Waals surface area contributed by atoms with Gasteiger partial charge in [-0.05, 0) is 36.4 Å². The van der Waals surface area contributed by atoms with E-state index in [1.165, 1.54) is 11.8 Å². The summed E-state index contributed by atoms with van der Waals surface area (Å²) in [5, 5.41) is 11.1. The van der Waals surface area contributed by atoms with Crippen LogP contribution in [0.15, 0.2) is 59.8 Å². The Hall–Kier alpha value is -3.53. The Kier molecular flexibility index (Phi) is 6.69. The van der Waals surface area contributed by atoms with Crippen LogP contribution < -0.4 is 15.9 Å². The lowest BCUT2D eigenvalue weighted by Crippen LogP contribution is -2.18. The summed E-state index contributed by atoms with van der Waals surface area (Å²) in [5.41, 5.74) is 0.968. The van der Waals surface area contributed by atoms with Gasteiger partial charge in [0.05, 0.1) is 18.4 Å². The van der Waals surface area contributed by atoms with Crippen molar-refractivity contribution in [2.75, 3.05) is 24.0 Å². The number of nitrogen functional groups attached to an aromatic ring is 1. The molecule has 0 fully saturated rings. The van der Waals surface area contributed by atoms with Crippen molar-refractivity contribution in [3.8, 4) is 5.75 Å². The van der Waals surface area contributed by atoms with Crippen LogP contribution in [0.4, 0.5) is 5.69 Å². The fourth-order valence-corrected chi connectivity index (χ4v) is 2.98. The first-order valence-electron chi connectivity index (χ1n) is 8.55. The number of amides is 1. The zero-order chi connectivity index (χ0) is 20.6. The van der Waals surface area contributed by atoms with E-state index in [9.17, 15) is 9.59 Å². The molecule has 0 aliphatic carbocycles. The van der Waals surface area contributed by atoms with E-state index in [2.05, 4.69) is 20.3 Å². The van der Waals surface area contributed by atoms with Crippen LogP contribution in [0.25, 0.3) is 0 Å². The van der Waals surface area contributed by atoms with Gasteiger partial charge in [0.1, 0.15) is 12.4 Å². The molecule has 0 bridgehead atoms. The predicted molar refractivity (Wildman–Crippen MR) is 108 cm³/mol. The topological polar surface area (TPSA) is 121 Å². The van der Waals surface area contributed by atoms with Gasteiger partial charge < -0.3 is 20.6 Å². The molecule has 10 heteroatoms. The number of nitrogens with zero attached hydrogens (tertiary/aromatic N) is 3. The Morgan fingerprint density at radius 3 is 2.52 bits per heavy atom. The van der Waals surface area contributed by atoms with Crippen LogP contribution in [-0.2, 0) is 16.1 Å². The summed E-state index contributed by atoms with van der Waals surface area (Å²) < 4.78 is 11.5. The maximum atomic E-state index is 12.1. The number of nitrogens with one attached hydrogen (secondary N) is 1. The number of ether oxygens (including phenoxy) is 2. The van der Waals surface area contributed by atoms with E-state index >= 15 is 0 Å². The molecule has 29 heavy (non-hydrogen) atoms. The minimum Gasteiger partial charge on any atom is -0.486 e.